The Hall–Kier alpha value is -1.62. The maximum Gasteiger partial charge on any atom is 0.251 e. The lowest BCUT2D eigenvalue weighted by molar-refractivity contribution is 0.0939. The van der Waals surface area contributed by atoms with Crippen LogP contribution in [0, 0.1) is 0 Å². The number of carbonyl (C=O) groups excluding carboxylic acids is 1. The Bertz CT molecular complexity index is 661. The summed E-state index contributed by atoms with van der Waals surface area (Å²) in [6.45, 7) is 2.15. The summed E-state index contributed by atoms with van der Waals surface area (Å²) in [7, 11) is 0. The SMILES string of the molecule is CC(NC(=O)c1ccnc(CN)c1)c1ccc(Cl)cc1Cl. The second kappa shape index (κ2) is 6.89. The molecule has 0 spiro atoms. The maximum absolute atomic E-state index is 12.2. The summed E-state index contributed by atoms with van der Waals surface area (Å²) in [4.78, 5) is 16.3. The van der Waals surface area contributed by atoms with E-state index in [1.807, 2.05) is 6.92 Å². The van der Waals surface area contributed by atoms with Crippen LogP contribution in [-0.2, 0) is 6.54 Å². The Morgan fingerprint density at radius 2 is 2.10 bits per heavy atom. The van der Waals surface area contributed by atoms with Crippen LogP contribution in [0.5, 0.6) is 0 Å². The third-order valence-electron chi connectivity index (χ3n) is 3.06. The van der Waals surface area contributed by atoms with Crippen LogP contribution in [0.25, 0.3) is 0 Å². The van der Waals surface area contributed by atoms with E-state index >= 15 is 0 Å². The van der Waals surface area contributed by atoms with Crippen LogP contribution in [0.3, 0.4) is 0 Å². The average Bonchev–Trinajstić information content (AvgIpc) is 2.47. The van der Waals surface area contributed by atoms with Gasteiger partial charge in [0.25, 0.3) is 5.91 Å². The molecule has 1 aromatic carbocycles. The highest BCUT2D eigenvalue weighted by Crippen LogP contribution is 2.26. The number of halogens is 2. The van der Waals surface area contributed by atoms with E-state index in [-0.39, 0.29) is 11.9 Å². The maximum atomic E-state index is 12.2. The summed E-state index contributed by atoms with van der Waals surface area (Å²) in [6, 6.07) is 8.27. The van der Waals surface area contributed by atoms with Crippen LogP contribution in [0.2, 0.25) is 10.0 Å². The molecule has 1 aromatic heterocycles. The van der Waals surface area contributed by atoms with Crippen molar-refractivity contribution in [3.05, 3.63) is 63.4 Å². The first kappa shape index (κ1) is 15.8. The average molecular weight is 324 g/mol. The second-order valence-electron chi connectivity index (χ2n) is 4.60. The van der Waals surface area contributed by atoms with Crippen molar-refractivity contribution in [3.8, 4) is 0 Å². The fourth-order valence-corrected chi connectivity index (χ4v) is 2.51. The summed E-state index contributed by atoms with van der Waals surface area (Å²) < 4.78 is 0. The van der Waals surface area contributed by atoms with Crippen molar-refractivity contribution in [2.24, 2.45) is 5.73 Å². The highest BCUT2D eigenvalue weighted by atomic mass is 35.5. The van der Waals surface area contributed by atoms with E-state index in [2.05, 4.69) is 10.3 Å². The highest BCUT2D eigenvalue weighted by molar-refractivity contribution is 6.35. The second-order valence-corrected chi connectivity index (χ2v) is 5.44. The van der Waals surface area contributed by atoms with Gasteiger partial charge >= 0.3 is 0 Å². The predicted molar refractivity (Wildman–Crippen MR) is 84.5 cm³/mol. The molecule has 0 aliphatic heterocycles. The Morgan fingerprint density at radius 1 is 1.33 bits per heavy atom. The largest absolute Gasteiger partial charge is 0.345 e. The molecule has 2 rings (SSSR count). The number of nitrogens with zero attached hydrogens (tertiary/aromatic N) is 1. The van der Waals surface area contributed by atoms with Gasteiger partial charge in [-0.05, 0) is 36.8 Å². The van der Waals surface area contributed by atoms with Gasteiger partial charge in [-0.3, -0.25) is 9.78 Å². The molecule has 0 radical (unpaired) electrons. The third kappa shape index (κ3) is 3.94. The summed E-state index contributed by atoms with van der Waals surface area (Å²) >= 11 is 12.0. The number of aromatic nitrogens is 1. The monoisotopic (exact) mass is 323 g/mol. The van der Waals surface area contributed by atoms with Crippen LogP contribution in [0.1, 0.15) is 34.6 Å². The molecule has 1 unspecified atom stereocenters. The van der Waals surface area contributed by atoms with Crippen molar-refractivity contribution in [2.75, 3.05) is 0 Å². The zero-order valence-electron chi connectivity index (χ0n) is 11.4. The molecular formula is C15H15Cl2N3O. The fourth-order valence-electron chi connectivity index (χ4n) is 1.94. The summed E-state index contributed by atoms with van der Waals surface area (Å²) in [6.07, 6.45) is 1.57. The molecule has 1 heterocycles. The topological polar surface area (TPSA) is 68.0 Å². The zero-order valence-corrected chi connectivity index (χ0v) is 12.9. The van der Waals surface area contributed by atoms with Crippen molar-refractivity contribution in [2.45, 2.75) is 19.5 Å². The lowest BCUT2D eigenvalue weighted by Gasteiger charge is -2.16. The van der Waals surface area contributed by atoms with E-state index in [9.17, 15) is 4.79 Å². The Morgan fingerprint density at radius 3 is 2.76 bits per heavy atom. The van der Waals surface area contributed by atoms with E-state index < -0.39 is 0 Å². The van der Waals surface area contributed by atoms with Crippen molar-refractivity contribution in [1.82, 2.24) is 10.3 Å². The van der Waals surface area contributed by atoms with E-state index in [4.69, 9.17) is 28.9 Å². The van der Waals surface area contributed by atoms with Crippen LogP contribution >= 0.6 is 23.2 Å². The molecule has 0 bridgehead atoms. The molecule has 21 heavy (non-hydrogen) atoms. The van der Waals surface area contributed by atoms with Gasteiger partial charge in [0.05, 0.1) is 11.7 Å². The van der Waals surface area contributed by atoms with E-state index in [1.54, 1.807) is 36.5 Å². The normalized spacial score (nSPS) is 12.0. The van der Waals surface area contributed by atoms with Crippen molar-refractivity contribution < 1.29 is 4.79 Å². The van der Waals surface area contributed by atoms with Crippen LogP contribution in [-0.4, -0.2) is 10.9 Å². The van der Waals surface area contributed by atoms with Crippen LogP contribution < -0.4 is 11.1 Å². The van der Waals surface area contributed by atoms with Crippen molar-refractivity contribution in [3.63, 3.8) is 0 Å². The molecule has 0 saturated carbocycles. The number of carbonyl (C=O) groups is 1. The van der Waals surface area contributed by atoms with E-state index in [0.29, 0.717) is 27.8 Å². The van der Waals surface area contributed by atoms with Gasteiger partial charge in [0.2, 0.25) is 0 Å². The molecule has 1 amide bonds. The fraction of sp³-hybridized carbons (Fsp3) is 0.200. The van der Waals surface area contributed by atoms with Gasteiger partial charge in [0, 0.05) is 28.4 Å². The molecule has 0 saturated heterocycles. The minimum Gasteiger partial charge on any atom is -0.345 e. The molecule has 4 nitrogen and oxygen atoms in total. The number of hydrogen-bond donors (Lipinski definition) is 2. The van der Waals surface area contributed by atoms with Gasteiger partial charge in [-0.15, -0.1) is 0 Å². The van der Waals surface area contributed by atoms with E-state index in [0.717, 1.165) is 5.56 Å². The lowest BCUT2D eigenvalue weighted by Crippen LogP contribution is -2.27. The van der Waals surface area contributed by atoms with Crippen molar-refractivity contribution in [1.29, 1.82) is 0 Å². The lowest BCUT2D eigenvalue weighted by atomic mass is 10.1. The Labute approximate surface area is 133 Å². The number of hydrogen-bond acceptors (Lipinski definition) is 3. The van der Waals surface area contributed by atoms with Gasteiger partial charge in [-0.25, -0.2) is 0 Å². The zero-order chi connectivity index (χ0) is 15.4. The quantitative estimate of drug-likeness (QED) is 0.906. The summed E-state index contributed by atoms with van der Waals surface area (Å²) in [5.41, 5.74) is 7.51. The van der Waals surface area contributed by atoms with Gasteiger partial charge in [-0.1, -0.05) is 29.3 Å². The number of pyridine rings is 1. The molecule has 3 N–H and O–H groups in total. The number of benzene rings is 1. The van der Waals surface area contributed by atoms with Gasteiger partial charge in [0.15, 0.2) is 0 Å². The molecule has 0 fully saturated rings. The summed E-state index contributed by atoms with van der Waals surface area (Å²) in [5.74, 6) is -0.203. The van der Waals surface area contributed by atoms with Gasteiger partial charge < -0.3 is 11.1 Å². The minimum atomic E-state index is -0.239. The van der Waals surface area contributed by atoms with Crippen LogP contribution in [0.15, 0.2) is 36.5 Å². The van der Waals surface area contributed by atoms with E-state index in [1.165, 1.54) is 0 Å². The standard InChI is InChI=1S/C15H15Cl2N3O/c1-9(13-3-2-11(16)7-14(13)17)20-15(21)10-4-5-19-12(6-10)8-18/h2-7,9H,8,18H2,1H3,(H,20,21). The number of nitrogens with one attached hydrogen (secondary N) is 1. The Balaban J connectivity index is 2.14. The highest BCUT2D eigenvalue weighted by Gasteiger charge is 2.14. The summed E-state index contributed by atoms with van der Waals surface area (Å²) in [5, 5.41) is 3.97. The first-order chi connectivity index (χ1) is 10.0. The molecule has 0 aliphatic rings. The van der Waals surface area contributed by atoms with Gasteiger partial charge in [-0.2, -0.15) is 0 Å². The minimum absolute atomic E-state index is 0.203. The number of nitrogens with two attached hydrogens (primary N) is 1. The molecule has 1 atom stereocenters. The van der Waals surface area contributed by atoms with Gasteiger partial charge in [0.1, 0.15) is 0 Å². The Kier molecular flexibility index (Phi) is 5.17. The number of amides is 1. The first-order valence-corrected chi connectivity index (χ1v) is 7.17. The molecule has 2 aromatic rings. The molecule has 0 aliphatic carbocycles. The third-order valence-corrected chi connectivity index (χ3v) is 3.63. The van der Waals surface area contributed by atoms with Crippen LogP contribution in [0.4, 0.5) is 0 Å². The number of rotatable bonds is 4. The molecule has 110 valence electrons. The first-order valence-electron chi connectivity index (χ1n) is 6.42. The van der Waals surface area contributed by atoms with Crippen molar-refractivity contribution >= 4 is 29.1 Å². The predicted octanol–water partition coefficient (Wildman–Crippen LogP) is 3.34. The molecular weight excluding hydrogens is 309 g/mol. The molecule has 6 heteroatoms. The smallest absolute Gasteiger partial charge is 0.251 e.